The molecule has 4 aliphatic heterocycles. The maximum Gasteiger partial charge on any atom is 0.253 e. The van der Waals surface area contributed by atoms with Gasteiger partial charge in [0, 0.05) is 38.8 Å². The number of nitrogens with one attached hydrogen (secondary N) is 3. The lowest BCUT2D eigenvalue weighted by Gasteiger charge is -2.44. The number of H-pyrrole nitrogens is 2. The van der Waals surface area contributed by atoms with Crippen molar-refractivity contribution in [2.24, 2.45) is 5.92 Å². The fourth-order valence-corrected chi connectivity index (χ4v) is 6.28. The molecule has 1 amide bonds. The highest BCUT2D eigenvalue weighted by atomic mass is 16.1. The molecule has 0 radical (unpaired) electrons. The zero-order valence-electron chi connectivity index (χ0n) is 20.4. The molecule has 8 rings (SSSR count). The third-order valence-electron chi connectivity index (χ3n) is 8.29. The average molecular weight is 485 g/mol. The smallest absolute Gasteiger partial charge is 0.253 e. The molecule has 9 heteroatoms. The number of fused-ring (bicyclic) bond motifs is 5. The zero-order chi connectivity index (χ0) is 24.1. The van der Waals surface area contributed by atoms with Gasteiger partial charge in [0.1, 0.15) is 16.9 Å². The van der Waals surface area contributed by atoms with Gasteiger partial charge >= 0.3 is 0 Å². The SMILES string of the molecule is O=C(NC1CN2CCC1CC2)c1cccc2[nH]c(CN3CCN(c4cccc5[nH]cnc45)CC3)nc12. The standard InChI is InChI=1S/C27H32N8O/c36-27(31-22-15-33-9-7-18(22)8-10-33)19-3-1-5-21-25(19)32-24(30-21)16-34-11-13-35(14-12-34)23-6-2-4-20-26(23)29-17-28-20/h1-6,17-18,22H,7-16H2,(H,28,29)(H,30,32)(H,31,36). The van der Waals surface area contributed by atoms with E-state index in [2.05, 4.69) is 53.2 Å². The molecule has 6 heterocycles. The Balaban J connectivity index is 1.03. The Morgan fingerprint density at radius 1 is 0.972 bits per heavy atom. The van der Waals surface area contributed by atoms with Crippen molar-refractivity contribution in [1.29, 1.82) is 0 Å². The van der Waals surface area contributed by atoms with E-state index < -0.39 is 0 Å². The Morgan fingerprint density at radius 3 is 2.58 bits per heavy atom. The molecule has 0 saturated carbocycles. The van der Waals surface area contributed by atoms with Gasteiger partial charge in [0.2, 0.25) is 0 Å². The van der Waals surface area contributed by atoms with Crippen molar-refractivity contribution >= 4 is 33.7 Å². The molecule has 4 aliphatic rings. The quantitative estimate of drug-likeness (QED) is 0.403. The number of imidazole rings is 2. The second kappa shape index (κ2) is 8.90. The predicted molar refractivity (Wildman–Crippen MR) is 140 cm³/mol. The lowest BCUT2D eigenvalue weighted by atomic mass is 9.84. The second-order valence-electron chi connectivity index (χ2n) is 10.4. The first-order valence-electron chi connectivity index (χ1n) is 13.1. The van der Waals surface area contributed by atoms with Crippen LogP contribution in [-0.2, 0) is 6.54 Å². The number of amides is 1. The minimum absolute atomic E-state index is 0.00134. The van der Waals surface area contributed by atoms with Crippen LogP contribution < -0.4 is 10.2 Å². The summed E-state index contributed by atoms with van der Waals surface area (Å²) >= 11 is 0. The number of hydrogen-bond donors (Lipinski definition) is 3. The van der Waals surface area contributed by atoms with Crippen LogP contribution in [0.5, 0.6) is 0 Å². The van der Waals surface area contributed by atoms with Crippen molar-refractivity contribution in [3.05, 3.63) is 54.1 Å². The lowest BCUT2D eigenvalue weighted by Crippen LogP contribution is -2.57. The fraction of sp³-hybridized carbons (Fsp3) is 0.444. The number of carbonyl (C=O) groups is 1. The van der Waals surface area contributed by atoms with Gasteiger partial charge in [-0.2, -0.15) is 0 Å². The van der Waals surface area contributed by atoms with E-state index in [0.29, 0.717) is 11.5 Å². The molecule has 4 saturated heterocycles. The number of nitrogens with zero attached hydrogens (tertiary/aromatic N) is 5. The number of hydrogen-bond acceptors (Lipinski definition) is 6. The van der Waals surface area contributed by atoms with Crippen LogP contribution in [0.3, 0.4) is 0 Å². The minimum atomic E-state index is -0.00134. The Morgan fingerprint density at radius 2 is 1.78 bits per heavy atom. The zero-order valence-corrected chi connectivity index (χ0v) is 20.4. The van der Waals surface area contributed by atoms with Crippen LogP contribution in [0.4, 0.5) is 5.69 Å². The van der Waals surface area contributed by atoms with Gasteiger partial charge in [0.15, 0.2) is 0 Å². The second-order valence-corrected chi connectivity index (χ2v) is 10.4. The van der Waals surface area contributed by atoms with Gasteiger partial charge in [-0.05, 0) is 56.1 Å². The van der Waals surface area contributed by atoms with Gasteiger partial charge in [-0.15, -0.1) is 0 Å². The van der Waals surface area contributed by atoms with Crippen LogP contribution in [0.15, 0.2) is 42.7 Å². The van der Waals surface area contributed by atoms with E-state index in [1.54, 1.807) is 6.33 Å². The molecule has 9 nitrogen and oxygen atoms in total. The Bertz CT molecular complexity index is 1390. The summed E-state index contributed by atoms with van der Waals surface area (Å²) in [4.78, 5) is 36.6. The van der Waals surface area contributed by atoms with E-state index in [0.717, 1.165) is 67.2 Å². The molecule has 2 aromatic heterocycles. The van der Waals surface area contributed by atoms with Gasteiger partial charge < -0.3 is 25.1 Å². The molecule has 3 N–H and O–H groups in total. The van der Waals surface area contributed by atoms with Gasteiger partial charge in [-0.25, -0.2) is 9.97 Å². The van der Waals surface area contributed by atoms with Gasteiger partial charge in [0.25, 0.3) is 5.91 Å². The molecule has 0 aliphatic carbocycles. The Kier molecular flexibility index (Phi) is 5.40. The molecule has 186 valence electrons. The van der Waals surface area contributed by atoms with Crippen LogP contribution in [0, 0.1) is 5.92 Å². The van der Waals surface area contributed by atoms with E-state index in [-0.39, 0.29) is 11.9 Å². The lowest BCUT2D eigenvalue weighted by molar-refractivity contribution is 0.0621. The maximum absolute atomic E-state index is 13.2. The van der Waals surface area contributed by atoms with Crippen LogP contribution in [0.25, 0.3) is 22.1 Å². The summed E-state index contributed by atoms with van der Waals surface area (Å²) in [6, 6.07) is 12.4. The fourth-order valence-electron chi connectivity index (χ4n) is 6.28. The number of piperazine rings is 1. The summed E-state index contributed by atoms with van der Waals surface area (Å²) < 4.78 is 0. The van der Waals surface area contributed by atoms with E-state index in [4.69, 9.17) is 4.98 Å². The molecule has 0 spiro atoms. The number of piperidine rings is 3. The van der Waals surface area contributed by atoms with Crippen molar-refractivity contribution in [2.45, 2.75) is 25.4 Å². The van der Waals surface area contributed by atoms with Crippen molar-refractivity contribution in [1.82, 2.24) is 35.1 Å². The van der Waals surface area contributed by atoms with Crippen molar-refractivity contribution < 1.29 is 4.79 Å². The highest BCUT2D eigenvalue weighted by Crippen LogP contribution is 2.28. The monoisotopic (exact) mass is 484 g/mol. The van der Waals surface area contributed by atoms with Gasteiger partial charge in [-0.1, -0.05) is 12.1 Å². The molecular weight excluding hydrogens is 452 g/mol. The molecule has 2 aromatic carbocycles. The number of benzene rings is 2. The Hall–Kier alpha value is -3.43. The topological polar surface area (TPSA) is 96.2 Å². The maximum atomic E-state index is 13.2. The number of carbonyl (C=O) groups excluding carboxylic acids is 1. The minimum Gasteiger partial charge on any atom is -0.367 e. The number of anilines is 1. The summed E-state index contributed by atoms with van der Waals surface area (Å²) in [5.41, 5.74) is 5.67. The highest BCUT2D eigenvalue weighted by molar-refractivity contribution is 6.05. The van der Waals surface area contributed by atoms with Gasteiger partial charge in [0.05, 0.1) is 35.2 Å². The van der Waals surface area contributed by atoms with Crippen LogP contribution in [0.1, 0.15) is 29.0 Å². The van der Waals surface area contributed by atoms with Crippen molar-refractivity contribution in [2.75, 3.05) is 50.7 Å². The summed E-state index contributed by atoms with van der Waals surface area (Å²) in [5, 5.41) is 3.32. The largest absolute Gasteiger partial charge is 0.367 e. The van der Waals surface area contributed by atoms with Crippen molar-refractivity contribution in [3.8, 4) is 0 Å². The van der Waals surface area contributed by atoms with Crippen LogP contribution >= 0.6 is 0 Å². The molecule has 4 aromatic rings. The van der Waals surface area contributed by atoms with E-state index in [1.807, 2.05) is 18.2 Å². The Labute approximate surface area is 209 Å². The van der Waals surface area contributed by atoms with Crippen LogP contribution in [-0.4, -0.2) is 87.5 Å². The number of para-hydroxylation sites is 2. The average Bonchev–Trinajstić information content (AvgIpc) is 3.56. The third kappa shape index (κ3) is 3.92. The molecule has 1 unspecified atom stereocenters. The van der Waals surface area contributed by atoms with Crippen LogP contribution in [0.2, 0.25) is 0 Å². The molecule has 2 bridgehead atoms. The normalized spacial score (nSPS) is 24.6. The van der Waals surface area contributed by atoms with E-state index in [1.165, 1.54) is 31.6 Å². The highest BCUT2D eigenvalue weighted by Gasteiger charge is 2.35. The van der Waals surface area contributed by atoms with Crippen molar-refractivity contribution in [3.63, 3.8) is 0 Å². The molecular formula is C27H32N8O. The third-order valence-corrected chi connectivity index (χ3v) is 8.29. The number of rotatable bonds is 5. The molecule has 4 fully saturated rings. The molecule has 36 heavy (non-hydrogen) atoms. The summed E-state index contributed by atoms with van der Waals surface area (Å²) in [6.45, 7) is 7.84. The predicted octanol–water partition coefficient (Wildman–Crippen LogP) is 2.59. The van der Waals surface area contributed by atoms with E-state index >= 15 is 0 Å². The summed E-state index contributed by atoms with van der Waals surface area (Å²) in [6.07, 6.45) is 4.13. The van der Waals surface area contributed by atoms with E-state index in [9.17, 15) is 4.79 Å². The number of aromatic amines is 2. The summed E-state index contributed by atoms with van der Waals surface area (Å²) in [7, 11) is 0. The molecule has 1 atom stereocenters. The first-order valence-corrected chi connectivity index (χ1v) is 13.1. The summed E-state index contributed by atoms with van der Waals surface area (Å²) in [5.74, 6) is 1.51. The first kappa shape index (κ1) is 21.8. The first-order chi connectivity index (χ1) is 17.7. The van der Waals surface area contributed by atoms with Gasteiger partial charge in [-0.3, -0.25) is 9.69 Å². The number of aromatic nitrogens is 4.